The van der Waals surface area contributed by atoms with E-state index < -0.39 is 0 Å². The van der Waals surface area contributed by atoms with Crippen LogP contribution in [0.25, 0.3) is 0 Å². The molecule has 3 nitrogen and oxygen atoms in total. The number of nitrogens with two attached hydrogens (primary N) is 1. The molecule has 0 aromatic heterocycles. The van der Waals surface area contributed by atoms with Gasteiger partial charge in [0.1, 0.15) is 0 Å². The molecule has 0 radical (unpaired) electrons. The summed E-state index contributed by atoms with van der Waals surface area (Å²) < 4.78 is 4.86. The van der Waals surface area contributed by atoms with Crippen molar-refractivity contribution < 1.29 is 9.53 Å². The van der Waals surface area contributed by atoms with Crippen molar-refractivity contribution in [1.82, 2.24) is 0 Å². The Labute approximate surface area is 67.9 Å². The van der Waals surface area contributed by atoms with E-state index in [9.17, 15) is 4.79 Å². The van der Waals surface area contributed by atoms with Gasteiger partial charge in [0.15, 0.2) is 0 Å². The molecule has 0 atom stereocenters. The fraction of sp³-hybridized carbons (Fsp3) is 0.875. The first kappa shape index (κ1) is 10.4. The molecule has 0 aromatic carbocycles. The van der Waals surface area contributed by atoms with Crippen molar-refractivity contribution in [3.05, 3.63) is 0 Å². The van der Waals surface area contributed by atoms with Gasteiger partial charge in [0.25, 0.3) is 0 Å². The molecule has 0 aromatic rings. The minimum Gasteiger partial charge on any atom is -0.465 e. The molecule has 0 aliphatic heterocycles. The van der Waals surface area contributed by atoms with Gasteiger partial charge >= 0.3 is 5.97 Å². The number of hydrogen-bond donors (Lipinski definition) is 1. The predicted octanol–water partition coefficient (Wildman–Crippen LogP) is 0.924. The molecule has 0 fully saturated rings. The Morgan fingerprint density at radius 1 is 1.55 bits per heavy atom. The highest BCUT2D eigenvalue weighted by molar-refractivity contribution is 5.65. The Balaban J connectivity index is 3.63. The maximum atomic E-state index is 10.4. The van der Waals surface area contributed by atoms with E-state index in [-0.39, 0.29) is 11.4 Å². The van der Waals surface area contributed by atoms with Crippen molar-refractivity contribution in [2.45, 2.75) is 27.2 Å². The maximum Gasteiger partial charge on any atom is 0.302 e. The third-order valence-electron chi connectivity index (χ3n) is 1.49. The minimum absolute atomic E-state index is 0.0143. The van der Waals surface area contributed by atoms with Crippen LogP contribution < -0.4 is 5.73 Å². The summed E-state index contributed by atoms with van der Waals surface area (Å²) in [4.78, 5) is 10.4. The zero-order valence-electron chi connectivity index (χ0n) is 7.52. The smallest absolute Gasteiger partial charge is 0.302 e. The first-order valence-corrected chi connectivity index (χ1v) is 3.81. The van der Waals surface area contributed by atoms with Crippen LogP contribution in [0.1, 0.15) is 27.2 Å². The fourth-order valence-corrected chi connectivity index (χ4v) is 0.760. The van der Waals surface area contributed by atoms with E-state index in [2.05, 4.69) is 0 Å². The molecule has 0 bridgehead atoms. The molecule has 0 heterocycles. The van der Waals surface area contributed by atoms with Crippen LogP contribution in [0.15, 0.2) is 0 Å². The van der Waals surface area contributed by atoms with Crippen LogP contribution in [0, 0.1) is 5.41 Å². The number of rotatable bonds is 4. The Kier molecular flexibility index (Phi) is 4.11. The number of hydrogen-bond acceptors (Lipinski definition) is 3. The molecule has 0 rings (SSSR count). The van der Waals surface area contributed by atoms with Crippen LogP contribution in [0.3, 0.4) is 0 Å². The molecule has 3 heteroatoms. The van der Waals surface area contributed by atoms with Crippen molar-refractivity contribution in [3.8, 4) is 0 Å². The highest BCUT2D eigenvalue weighted by atomic mass is 16.5. The van der Waals surface area contributed by atoms with Crippen LogP contribution in [0.5, 0.6) is 0 Å². The van der Waals surface area contributed by atoms with Gasteiger partial charge in [-0.15, -0.1) is 0 Å². The average molecular weight is 159 g/mol. The van der Waals surface area contributed by atoms with Crippen molar-refractivity contribution in [2.75, 3.05) is 13.2 Å². The topological polar surface area (TPSA) is 52.3 Å². The molecule has 0 spiro atoms. The second-order valence-electron chi connectivity index (χ2n) is 3.48. The number of carbonyl (C=O) groups is 1. The molecule has 66 valence electrons. The monoisotopic (exact) mass is 159 g/mol. The zero-order valence-corrected chi connectivity index (χ0v) is 7.52. The third-order valence-corrected chi connectivity index (χ3v) is 1.49. The van der Waals surface area contributed by atoms with Crippen LogP contribution in [0.2, 0.25) is 0 Å². The van der Waals surface area contributed by atoms with Crippen molar-refractivity contribution >= 4 is 5.97 Å². The molecule has 0 amide bonds. The third kappa shape index (κ3) is 5.85. The lowest BCUT2D eigenvalue weighted by Crippen LogP contribution is -2.24. The number of carbonyl (C=O) groups excluding carboxylic acids is 1. The van der Waals surface area contributed by atoms with E-state index in [1.807, 2.05) is 13.8 Å². The summed E-state index contributed by atoms with van der Waals surface area (Å²) in [5, 5.41) is 0. The summed E-state index contributed by atoms with van der Waals surface area (Å²) in [6, 6.07) is 0. The van der Waals surface area contributed by atoms with Crippen LogP contribution in [-0.2, 0) is 9.53 Å². The summed E-state index contributed by atoms with van der Waals surface area (Å²) >= 11 is 0. The van der Waals surface area contributed by atoms with Gasteiger partial charge in [-0.1, -0.05) is 13.8 Å². The molecule has 2 N–H and O–H groups in total. The summed E-state index contributed by atoms with van der Waals surface area (Å²) in [5.74, 6) is -0.227. The average Bonchev–Trinajstić information content (AvgIpc) is 1.84. The Hall–Kier alpha value is -0.570. The van der Waals surface area contributed by atoms with Crippen LogP contribution in [-0.4, -0.2) is 19.1 Å². The maximum absolute atomic E-state index is 10.4. The molecule has 0 saturated heterocycles. The van der Waals surface area contributed by atoms with Crippen LogP contribution >= 0.6 is 0 Å². The van der Waals surface area contributed by atoms with E-state index in [1.54, 1.807) is 0 Å². The quantitative estimate of drug-likeness (QED) is 0.621. The first-order valence-electron chi connectivity index (χ1n) is 3.81. The van der Waals surface area contributed by atoms with Crippen molar-refractivity contribution in [3.63, 3.8) is 0 Å². The van der Waals surface area contributed by atoms with Crippen molar-refractivity contribution in [1.29, 1.82) is 0 Å². The van der Waals surface area contributed by atoms with Crippen LogP contribution in [0.4, 0.5) is 0 Å². The molecule has 11 heavy (non-hydrogen) atoms. The van der Waals surface area contributed by atoms with Gasteiger partial charge in [-0.25, -0.2) is 0 Å². The summed E-state index contributed by atoms with van der Waals surface area (Å²) in [7, 11) is 0. The predicted molar refractivity (Wildman–Crippen MR) is 44.1 cm³/mol. The summed E-state index contributed by atoms with van der Waals surface area (Å²) in [6.45, 7) is 6.57. The van der Waals surface area contributed by atoms with E-state index in [1.165, 1.54) is 6.92 Å². The zero-order chi connectivity index (χ0) is 8.91. The van der Waals surface area contributed by atoms with Crippen molar-refractivity contribution in [2.24, 2.45) is 11.1 Å². The van der Waals surface area contributed by atoms with Gasteiger partial charge in [0.05, 0.1) is 6.61 Å². The molecule has 0 unspecified atom stereocenters. The Morgan fingerprint density at radius 2 is 2.09 bits per heavy atom. The van der Waals surface area contributed by atoms with Gasteiger partial charge in [-0.2, -0.15) is 0 Å². The van der Waals surface area contributed by atoms with Gasteiger partial charge in [-0.3, -0.25) is 4.79 Å². The summed E-state index contributed by atoms with van der Waals surface area (Å²) in [5.41, 5.74) is 5.39. The fourth-order valence-electron chi connectivity index (χ4n) is 0.760. The van der Waals surface area contributed by atoms with E-state index in [0.717, 1.165) is 6.42 Å². The second kappa shape index (κ2) is 4.34. The Morgan fingerprint density at radius 3 is 2.45 bits per heavy atom. The molecular weight excluding hydrogens is 142 g/mol. The molecule has 0 aliphatic carbocycles. The lowest BCUT2D eigenvalue weighted by molar-refractivity contribution is -0.144. The normalized spacial score (nSPS) is 11.3. The summed E-state index contributed by atoms with van der Waals surface area (Å²) in [6.07, 6.45) is 0.875. The largest absolute Gasteiger partial charge is 0.465 e. The van der Waals surface area contributed by atoms with Gasteiger partial charge in [0, 0.05) is 12.3 Å². The standard InChI is InChI=1S/C8H17NO2/c1-7(10)11-6-8(2,3)4-5-9/h4-6,9H2,1-3H3. The molecular formula is C8H17NO2. The van der Waals surface area contributed by atoms with E-state index in [4.69, 9.17) is 10.5 Å². The SMILES string of the molecule is CC(=O)OCC(C)(C)CCN. The van der Waals surface area contributed by atoms with Gasteiger partial charge in [0.2, 0.25) is 0 Å². The second-order valence-corrected chi connectivity index (χ2v) is 3.48. The minimum atomic E-state index is -0.227. The molecule has 0 saturated carbocycles. The van der Waals surface area contributed by atoms with E-state index in [0.29, 0.717) is 13.2 Å². The lowest BCUT2D eigenvalue weighted by atomic mass is 9.91. The highest BCUT2D eigenvalue weighted by Crippen LogP contribution is 2.19. The highest BCUT2D eigenvalue weighted by Gasteiger charge is 2.17. The first-order chi connectivity index (χ1) is 4.98. The van der Waals surface area contributed by atoms with Gasteiger partial charge in [-0.05, 0) is 13.0 Å². The lowest BCUT2D eigenvalue weighted by Gasteiger charge is -2.22. The number of esters is 1. The Bertz CT molecular complexity index is 132. The van der Waals surface area contributed by atoms with E-state index >= 15 is 0 Å². The van der Waals surface area contributed by atoms with Gasteiger partial charge < -0.3 is 10.5 Å². The number of ether oxygens (including phenoxy) is 1. The molecule has 0 aliphatic rings.